The molecule has 0 aliphatic heterocycles. The second kappa shape index (κ2) is 5.61. The van der Waals surface area contributed by atoms with Crippen molar-refractivity contribution < 1.29 is 0 Å². The van der Waals surface area contributed by atoms with Gasteiger partial charge in [0, 0.05) is 6.04 Å². The summed E-state index contributed by atoms with van der Waals surface area (Å²) in [6.45, 7) is 4.56. The maximum absolute atomic E-state index is 5.59. The summed E-state index contributed by atoms with van der Waals surface area (Å²) in [6.07, 6.45) is 8.03. The van der Waals surface area contributed by atoms with E-state index in [4.69, 9.17) is 5.84 Å². The molecule has 0 saturated heterocycles. The molecule has 2 nitrogen and oxygen atoms in total. The first-order valence-electron chi connectivity index (χ1n) is 5.77. The summed E-state index contributed by atoms with van der Waals surface area (Å²) in [4.78, 5) is 0. The van der Waals surface area contributed by atoms with Gasteiger partial charge in [-0.2, -0.15) is 0 Å². The molecule has 78 valence electrons. The van der Waals surface area contributed by atoms with Gasteiger partial charge in [0.25, 0.3) is 0 Å². The maximum Gasteiger partial charge on any atom is 0.0241 e. The van der Waals surface area contributed by atoms with Crippen LogP contribution in [-0.4, -0.2) is 6.04 Å². The predicted molar refractivity (Wildman–Crippen MR) is 57.1 cm³/mol. The van der Waals surface area contributed by atoms with Crippen molar-refractivity contribution in [2.75, 3.05) is 0 Å². The molecule has 1 aliphatic carbocycles. The van der Waals surface area contributed by atoms with E-state index in [0.29, 0.717) is 6.04 Å². The van der Waals surface area contributed by atoms with Gasteiger partial charge in [0.05, 0.1) is 0 Å². The summed E-state index contributed by atoms with van der Waals surface area (Å²) >= 11 is 0. The van der Waals surface area contributed by atoms with Gasteiger partial charge in [-0.05, 0) is 31.1 Å². The van der Waals surface area contributed by atoms with Crippen LogP contribution < -0.4 is 11.3 Å². The van der Waals surface area contributed by atoms with Gasteiger partial charge in [-0.3, -0.25) is 11.3 Å². The lowest BCUT2D eigenvalue weighted by molar-refractivity contribution is 0.197. The molecule has 1 rings (SSSR count). The molecule has 1 unspecified atom stereocenters. The fraction of sp³-hybridized carbons (Fsp3) is 1.00. The Morgan fingerprint density at radius 3 is 2.23 bits per heavy atom. The highest BCUT2D eigenvalue weighted by Gasteiger charge is 2.27. The van der Waals surface area contributed by atoms with Gasteiger partial charge in [0.2, 0.25) is 0 Å². The van der Waals surface area contributed by atoms with Crippen LogP contribution in [0.25, 0.3) is 0 Å². The van der Waals surface area contributed by atoms with Crippen molar-refractivity contribution in [3.63, 3.8) is 0 Å². The molecule has 1 saturated carbocycles. The summed E-state index contributed by atoms with van der Waals surface area (Å²) in [5.41, 5.74) is 3.00. The summed E-state index contributed by atoms with van der Waals surface area (Å²) in [6, 6.07) is 0.582. The highest BCUT2D eigenvalue weighted by atomic mass is 15.2. The average molecular weight is 184 g/mol. The first kappa shape index (κ1) is 11.0. The molecule has 2 heteroatoms. The van der Waals surface area contributed by atoms with Crippen LogP contribution in [0.4, 0.5) is 0 Å². The Bertz CT molecular complexity index is 128. The Kier molecular flexibility index (Phi) is 4.74. The molecule has 1 aliphatic rings. The van der Waals surface area contributed by atoms with Crippen LogP contribution in [0.5, 0.6) is 0 Å². The molecule has 0 aromatic rings. The molecule has 0 amide bonds. The Morgan fingerprint density at radius 2 is 1.92 bits per heavy atom. The van der Waals surface area contributed by atoms with Gasteiger partial charge in [0.15, 0.2) is 0 Å². The first-order valence-corrected chi connectivity index (χ1v) is 5.77. The zero-order valence-electron chi connectivity index (χ0n) is 9.05. The second-order valence-corrected chi connectivity index (χ2v) is 4.38. The monoisotopic (exact) mass is 184 g/mol. The highest BCUT2D eigenvalue weighted by Crippen LogP contribution is 2.32. The molecule has 3 N–H and O–H groups in total. The fourth-order valence-electron chi connectivity index (χ4n) is 2.22. The first-order chi connectivity index (χ1) is 6.31. The molecular formula is C11H24N2. The zero-order valence-corrected chi connectivity index (χ0v) is 9.05. The summed E-state index contributed by atoms with van der Waals surface area (Å²) in [7, 11) is 0. The Morgan fingerprint density at radius 1 is 1.31 bits per heavy atom. The number of hydrogen-bond donors (Lipinski definition) is 2. The van der Waals surface area contributed by atoms with Crippen molar-refractivity contribution in [1.82, 2.24) is 5.43 Å². The average Bonchev–Trinajstić information content (AvgIpc) is 2.08. The summed E-state index contributed by atoms with van der Waals surface area (Å²) in [5, 5.41) is 0. The van der Waals surface area contributed by atoms with Crippen molar-refractivity contribution in [2.24, 2.45) is 17.7 Å². The van der Waals surface area contributed by atoms with Crippen LogP contribution >= 0.6 is 0 Å². The van der Waals surface area contributed by atoms with Crippen LogP contribution in [-0.2, 0) is 0 Å². The van der Waals surface area contributed by atoms with Crippen molar-refractivity contribution in [3.05, 3.63) is 0 Å². The van der Waals surface area contributed by atoms with E-state index in [2.05, 4.69) is 19.3 Å². The second-order valence-electron chi connectivity index (χ2n) is 4.38. The molecule has 1 fully saturated rings. The standard InChI is InChI=1S/C11H24N2/c1-3-9(4-2)8-11(13-12)10-6-5-7-10/h9-11,13H,3-8,12H2,1-2H3. The van der Waals surface area contributed by atoms with E-state index in [0.717, 1.165) is 11.8 Å². The summed E-state index contributed by atoms with van der Waals surface area (Å²) in [5.74, 6) is 7.32. The minimum absolute atomic E-state index is 0.582. The van der Waals surface area contributed by atoms with Crippen LogP contribution in [0.1, 0.15) is 52.4 Å². The summed E-state index contributed by atoms with van der Waals surface area (Å²) < 4.78 is 0. The molecule has 13 heavy (non-hydrogen) atoms. The molecular weight excluding hydrogens is 160 g/mol. The molecule has 0 radical (unpaired) electrons. The lowest BCUT2D eigenvalue weighted by Crippen LogP contribution is -2.44. The SMILES string of the molecule is CCC(CC)CC(NN)C1CCC1. The van der Waals surface area contributed by atoms with Gasteiger partial charge >= 0.3 is 0 Å². The van der Waals surface area contributed by atoms with E-state index in [-0.39, 0.29) is 0 Å². The molecule has 0 bridgehead atoms. The van der Waals surface area contributed by atoms with Gasteiger partial charge < -0.3 is 0 Å². The third kappa shape index (κ3) is 2.96. The lowest BCUT2D eigenvalue weighted by atomic mass is 9.76. The zero-order chi connectivity index (χ0) is 9.68. The van der Waals surface area contributed by atoms with Crippen molar-refractivity contribution >= 4 is 0 Å². The third-order valence-electron chi connectivity index (χ3n) is 3.67. The van der Waals surface area contributed by atoms with Crippen LogP contribution in [0.2, 0.25) is 0 Å². The Balaban J connectivity index is 2.28. The number of rotatable bonds is 6. The fourth-order valence-corrected chi connectivity index (χ4v) is 2.22. The molecule has 0 spiro atoms. The maximum atomic E-state index is 5.59. The normalized spacial score (nSPS) is 20.3. The highest BCUT2D eigenvalue weighted by molar-refractivity contribution is 4.82. The lowest BCUT2D eigenvalue weighted by Gasteiger charge is -2.35. The van der Waals surface area contributed by atoms with E-state index < -0.39 is 0 Å². The van der Waals surface area contributed by atoms with Crippen molar-refractivity contribution in [3.8, 4) is 0 Å². The van der Waals surface area contributed by atoms with Gasteiger partial charge in [-0.1, -0.05) is 33.1 Å². The van der Waals surface area contributed by atoms with Crippen molar-refractivity contribution in [2.45, 2.75) is 58.4 Å². The number of hydrazine groups is 1. The van der Waals surface area contributed by atoms with E-state index in [1.54, 1.807) is 0 Å². The van der Waals surface area contributed by atoms with Crippen LogP contribution in [0.3, 0.4) is 0 Å². The van der Waals surface area contributed by atoms with Crippen molar-refractivity contribution in [1.29, 1.82) is 0 Å². The molecule has 0 aromatic heterocycles. The third-order valence-corrected chi connectivity index (χ3v) is 3.67. The van der Waals surface area contributed by atoms with E-state index >= 15 is 0 Å². The molecule has 1 atom stereocenters. The minimum Gasteiger partial charge on any atom is -0.271 e. The quantitative estimate of drug-likeness (QED) is 0.491. The van der Waals surface area contributed by atoms with Gasteiger partial charge in [0.1, 0.15) is 0 Å². The van der Waals surface area contributed by atoms with Gasteiger partial charge in [-0.25, -0.2) is 0 Å². The van der Waals surface area contributed by atoms with E-state index in [1.807, 2.05) is 0 Å². The predicted octanol–water partition coefficient (Wildman–Crippen LogP) is 2.44. The Hall–Kier alpha value is -0.0800. The topological polar surface area (TPSA) is 38.0 Å². The number of hydrogen-bond acceptors (Lipinski definition) is 2. The number of nitrogens with two attached hydrogens (primary N) is 1. The van der Waals surface area contributed by atoms with Gasteiger partial charge in [-0.15, -0.1) is 0 Å². The molecule has 0 heterocycles. The minimum atomic E-state index is 0.582. The van der Waals surface area contributed by atoms with E-state index in [9.17, 15) is 0 Å². The van der Waals surface area contributed by atoms with Crippen LogP contribution in [0.15, 0.2) is 0 Å². The molecule has 0 aromatic carbocycles. The van der Waals surface area contributed by atoms with Crippen LogP contribution in [0, 0.1) is 11.8 Å². The Labute approximate surface area is 82.2 Å². The smallest absolute Gasteiger partial charge is 0.0241 e. The largest absolute Gasteiger partial charge is 0.271 e. The van der Waals surface area contributed by atoms with E-state index in [1.165, 1.54) is 38.5 Å². The number of nitrogens with one attached hydrogen (secondary N) is 1.